The molecule has 1 aromatic carbocycles. The SMILES string of the molecule is O=C(O)C=C1CCc2cc(N3CCOCC3)ccc2C1=O. The summed E-state index contributed by atoms with van der Waals surface area (Å²) in [5.41, 5.74) is 3.13. The Morgan fingerprint density at radius 2 is 2.00 bits per heavy atom. The Labute approximate surface area is 122 Å². The van der Waals surface area contributed by atoms with Crippen molar-refractivity contribution in [3.63, 3.8) is 0 Å². The first kappa shape index (κ1) is 13.8. The Morgan fingerprint density at radius 3 is 2.71 bits per heavy atom. The van der Waals surface area contributed by atoms with Crippen LogP contribution in [0, 0.1) is 0 Å². The molecule has 1 aliphatic carbocycles. The highest BCUT2D eigenvalue weighted by Crippen LogP contribution is 2.29. The van der Waals surface area contributed by atoms with Crippen molar-refractivity contribution in [2.45, 2.75) is 12.8 Å². The molecule has 1 aliphatic heterocycles. The van der Waals surface area contributed by atoms with Crippen molar-refractivity contribution in [3.8, 4) is 0 Å². The Balaban J connectivity index is 1.88. The maximum Gasteiger partial charge on any atom is 0.328 e. The van der Waals surface area contributed by atoms with Crippen LogP contribution in [0.25, 0.3) is 0 Å². The molecule has 1 heterocycles. The van der Waals surface area contributed by atoms with Crippen LogP contribution in [0.3, 0.4) is 0 Å². The number of hydrogen-bond acceptors (Lipinski definition) is 4. The molecule has 1 aromatic rings. The zero-order valence-corrected chi connectivity index (χ0v) is 11.7. The van der Waals surface area contributed by atoms with Crippen LogP contribution in [0.15, 0.2) is 29.8 Å². The highest BCUT2D eigenvalue weighted by molar-refractivity contribution is 6.13. The van der Waals surface area contributed by atoms with E-state index in [1.54, 1.807) is 0 Å². The second-order valence-electron chi connectivity index (χ2n) is 5.28. The van der Waals surface area contributed by atoms with Crippen LogP contribution < -0.4 is 4.90 Å². The van der Waals surface area contributed by atoms with Crippen molar-refractivity contribution in [1.82, 2.24) is 0 Å². The Bertz CT molecular complexity index is 615. The molecule has 0 saturated carbocycles. The van der Waals surface area contributed by atoms with Gasteiger partial charge in [0, 0.05) is 36.0 Å². The van der Waals surface area contributed by atoms with Gasteiger partial charge in [0.1, 0.15) is 0 Å². The highest BCUT2D eigenvalue weighted by Gasteiger charge is 2.23. The first-order valence-corrected chi connectivity index (χ1v) is 7.09. The molecule has 0 atom stereocenters. The van der Waals surface area contributed by atoms with Crippen molar-refractivity contribution in [1.29, 1.82) is 0 Å². The quantitative estimate of drug-likeness (QED) is 0.838. The molecule has 110 valence electrons. The number of Topliss-reactive ketones (excluding diaryl/α,β-unsaturated/α-hetero) is 1. The second-order valence-corrected chi connectivity index (χ2v) is 5.28. The molecule has 0 aromatic heterocycles. The fraction of sp³-hybridized carbons (Fsp3) is 0.375. The molecule has 0 spiro atoms. The molecule has 21 heavy (non-hydrogen) atoms. The number of hydrogen-bond donors (Lipinski definition) is 1. The van der Waals surface area contributed by atoms with E-state index in [2.05, 4.69) is 11.0 Å². The summed E-state index contributed by atoms with van der Waals surface area (Å²) in [5.74, 6) is -1.22. The number of rotatable bonds is 2. The normalized spacial score (nSPS) is 20.5. The lowest BCUT2D eigenvalue weighted by Crippen LogP contribution is -2.36. The van der Waals surface area contributed by atoms with E-state index in [9.17, 15) is 9.59 Å². The van der Waals surface area contributed by atoms with Gasteiger partial charge in [-0.25, -0.2) is 4.79 Å². The number of carboxylic acid groups (broad SMARTS) is 1. The molecular weight excluding hydrogens is 270 g/mol. The maximum absolute atomic E-state index is 12.3. The number of benzene rings is 1. The van der Waals surface area contributed by atoms with Gasteiger partial charge in [0.2, 0.25) is 0 Å². The number of ether oxygens (including phenoxy) is 1. The standard InChI is InChI=1S/C16H17NO4/c18-15(19)10-12-2-1-11-9-13(3-4-14(11)16(12)20)17-5-7-21-8-6-17/h3-4,9-10H,1-2,5-8H2,(H,18,19). The largest absolute Gasteiger partial charge is 0.478 e. The van der Waals surface area contributed by atoms with E-state index in [0.717, 1.165) is 43.6 Å². The van der Waals surface area contributed by atoms with Crippen LogP contribution in [-0.4, -0.2) is 43.2 Å². The first-order valence-electron chi connectivity index (χ1n) is 7.09. The van der Waals surface area contributed by atoms with E-state index in [1.807, 2.05) is 12.1 Å². The molecule has 0 unspecified atom stereocenters. The molecular formula is C16H17NO4. The molecule has 0 bridgehead atoms. The summed E-state index contributed by atoms with van der Waals surface area (Å²) in [7, 11) is 0. The average molecular weight is 287 g/mol. The van der Waals surface area contributed by atoms with Gasteiger partial charge in [-0.15, -0.1) is 0 Å². The van der Waals surface area contributed by atoms with Gasteiger partial charge < -0.3 is 14.7 Å². The number of fused-ring (bicyclic) bond motifs is 1. The fourth-order valence-electron chi connectivity index (χ4n) is 2.87. The summed E-state index contributed by atoms with van der Waals surface area (Å²) >= 11 is 0. The van der Waals surface area contributed by atoms with Crippen LogP contribution in [0.1, 0.15) is 22.3 Å². The van der Waals surface area contributed by atoms with Gasteiger partial charge in [-0.3, -0.25) is 4.79 Å². The van der Waals surface area contributed by atoms with Gasteiger partial charge in [-0.2, -0.15) is 0 Å². The number of nitrogens with zero attached hydrogens (tertiary/aromatic N) is 1. The predicted octanol–water partition coefficient (Wildman–Crippen LogP) is 1.66. The van der Waals surface area contributed by atoms with E-state index in [-0.39, 0.29) is 5.78 Å². The van der Waals surface area contributed by atoms with Gasteiger partial charge in [-0.05, 0) is 36.6 Å². The summed E-state index contributed by atoms with van der Waals surface area (Å²) in [4.78, 5) is 25.3. The van der Waals surface area contributed by atoms with E-state index in [1.165, 1.54) is 0 Å². The monoisotopic (exact) mass is 287 g/mol. The minimum Gasteiger partial charge on any atom is -0.478 e. The number of aliphatic carboxylic acids is 1. The number of aryl methyl sites for hydroxylation is 1. The van der Waals surface area contributed by atoms with Crippen LogP contribution in [0.4, 0.5) is 5.69 Å². The number of carbonyl (C=O) groups excluding carboxylic acids is 1. The van der Waals surface area contributed by atoms with E-state index in [4.69, 9.17) is 9.84 Å². The van der Waals surface area contributed by atoms with Crippen LogP contribution in [0.5, 0.6) is 0 Å². The molecule has 3 rings (SSSR count). The second kappa shape index (κ2) is 5.69. The lowest BCUT2D eigenvalue weighted by Gasteiger charge is -2.30. The van der Waals surface area contributed by atoms with E-state index < -0.39 is 5.97 Å². The first-order chi connectivity index (χ1) is 10.1. The summed E-state index contributed by atoms with van der Waals surface area (Å²) in [5, 5.41) is 8.80. The van der Waals surface area contributed by atoms with Crippen LogP contribution >= 0.6 is 0 Å². The van der Waals surface area contributed by atoms with Gasteiger partial charge >= 0.3 is 5.97 Å². The summed E-state index contributed by atoms with van der Waals surface area (Å²) in [6, 6.07) is 5.80. The zero-order valence-electron chi connectivity index (χ0n) is 11.7. The minimum atomic E-state index is -1.06. The third-order valence-corrected chi connectivity index (χ3v) is 3.96. The van der Waals surface area contributed by atoms with Gasteiger partial charge in [0.15, 0.2) is 5.78 Å². The summed E-state index contributed by atoms with van der Waals surface area (Å²) in [6.07, 6.45) is 2.23. The maximum atomic E-state index is 12.3. The van der Waals surface area contributed by atoms with Gasteiger partial charge in [-0.1, -0.05) is 0 Å². The fourth-order valence-corrected chi connectivity index (χ4v) is 2.87. The number of morpholine rings is 1. The van der Waals surface area contributed by atoms with Crippen molar-refractivity contribution in [2.75, 3.05) is 31.2 Å². The number of carbonyl (C=O) groups is 2. The lowest BCUT2D eigenvalue weighted by molar-refractivity contribution is -0.131. The Hall–Kier alpha value is -2.14. The molecule has 2 aliphatic rings. The number of allylic oxidation sites excluding steroid dienone is 1. The van der Waals surface area contributed by atoms with Crippen LogP contribution in [-0.2, 0) is 16.0 Å². The summed E-state index contributed by atoms with van der Waals surface area (Å²) in [6.45, 7) is 3.16. The minimum absolute atomic E-state index is 0.160. The van der Waals surface area contributed by atoms with E-state index >= 15 is 0 Å². The number of ketones is 1. The third kappa shape index (κ3) is 2.83. The Kier molecular flexibility index (Phi) is 3.75. The summed E-state index contributed by atoms with van der Waals surface area (Å²) < 4.78 is 5.34. The highest BCUT2D eigenvalue weighted by atomic mass is 16.5. The lowest BCUT2D eigenvalue weighted by atomic mass is 9.86. The topological polar surface area (TPSA) is 66.8 Å². The molecule has 5 nitrogen and oxygen atoms in total. The number of anilines is 1. The smallest absolute Gasteiger partial charge is 0.328 e. The van der Waals surface area contributed by atoms with Gasteiger partial charge in [0.25, 0.3) is 0 Å². The molecule has 1 saturated heterocycles. The van der Waals surface area contributed by atoms with Crippen molar-refractivity contribution < 1.29 is 19.4 Å². The zero-order chi connectivity index (χ0) is 14.8. The van der Waals surface area contributed by atoms with E-state index in [0.29, 0.717) is 24.0 Å². The third-order valence-electron chi connectivity index (χ3n) is 3.96. The van der Waals surface area contributed by atoms with Gasteiger partial charge in [0.05, 0.1) is 13.2 Å². The van der Waals surface area contributed by atoms with Crippen LogP contribution in [0.2, 0.25) is 0 Å². The average Bonchev–Trinajstić information content (AvgIpc) is 2.50. The molecule has 0 amide bonds. The van der Waals surface area contributed by atoms with Crippen molar-refractivity contribution in [2.24, 2.45) is 0 Å². The van der Waals surface area contributed by atoms with Crippen molar-refractivity contribution >= 4 is 17.4 Å². The Morgan fingerprint density at radius 1 is 1.24 bits per heavy atom. The predicted molar refractivity (Wildman–Crippen MR) is 77.8 cm³/mol. The van der Waals surface area contributed by atoms with Crippen molar-refractivity contribution in [3.05, 3.63) is 41.0 Å². The number of carboxylic acids is 1. The molecule has 0 radical (unpaired) electrons. The molecule has 5 heteroatoms. The molecule has 1 N–H and O–H groups in total. The molecule has 1 fully saturated rings.